The van der Waals surface area contributed by atoms with Crippen LogP contribution in [0, 0.1) is 0 Å². The molecule has 0 aliphatic heterocycles. The average molecular weight is 303 g/mol. The van der Waals surface area contributed by atoms with Gasteiger partial charge in [-0.15, -0.1) is 0 Å². The molecule has 0 radical (unpaired) electrons. The number of imidazole rings is 1. The molecule has 2 heterocycles. The van der Waals surface area contributed by atoms with Gasteiger partial charge in [0.05, 0.1) is 27.5 Å². The fourth-order valence-corrected chi connectivity index (χ4v) is 2.46. The highest BCUT2D eigenvalue weighted by Gasteiger charge is 2.15. The van der Waals surface area contributed by atoms with Crippen molar-refractivity contribution < 1.29 is 0 Å². The second-order valence-corrected chi connectivity index (χ2v) is 5.24. The van der Waals surface area contributed by atoms with Crippen molar-refractivity contribution in [2.24, 2.45) is 5.73 Å². The van der Waals surface area contributed by atoms with E-state index < -0.39 is 0 Å². The van der Waals surface area contributed by atoms with Gasteiger partial charge in [0.25, 0.3) is 0 Å². The minimum absolute atomic E-state index is 0.383. The fraction of sp³-hybridized carbons (Fsp3) is 0.0714. The smallest absolute Gasteiger partial charge is 0.157 e. The summed E-state index contributed by atoms with van der Waals surface area (Å²) in [5, 5.41) is 0.555. The Hall–Kier alpha value is -1.98. The van der Waals surface area contributed by atoms with E-state index >= 15 is 0 Å². The van der Waals surface area contributed by atoms with Crippen molar-refractivity contribution in [2.75, 3.05) is 0 Å². The Balaban J connectivity index is 2.31. The van der Waals surface area contributed by atoms with Gasteiger partial charge in [0, 0.05) is 6.20 Å². The van der Waals surface area contributed by atoms with E-state index in [9.17, 15) is 0 Å². The molecule has 6 heteroatoms. The number of pyridine rings is 1. The molecule has 0 saturated heterocycles. The molecular formula is C14H11ClN4S. The highest BCUT2D eigenvalue weighted by atomic mass is 35.5. The molecule has 0 aliphatic rings. The standard InChI is InChI=1S/C14H11ClN4S/c15-9-4-3-7-17-14(9)19-11-6-2-1-5-10(11)18-13(19)8-12(16)20/h1-7H,8H2,(H2,16,20). The molecule has 0 saturated carbocycles. The minimum atomic E-state index is 0.383. The number of aromatic nitrogens is 3. The van der Waals surface area contributed by atoms with Crippen LogP contribution in [0.5, 0.6) is 0 Å². The first kappa shape index (κ1) is 13.0. The zero-order chi connectivity index (χ0) is 14.1. The number of rotatable bonds is 3. The van der Waals surface area contributed by atoms with Gasteiger partial charge in [0.1, 0.15) is 5.82 Å². The van der Waals surface area contributed by atoms with Gasteiger partial charge < -0.3 is 5.73 Å². The third kappa shape index (κ3) is 2.26. The number of nitrogens with two attached hydrogens (primary N) is 1. The van der Waals surface area contributed by atoms with Crippen molar-refractivity contribution in [3.63, 3.8) is 0 Å². The van der Waals surface area contributed by atoms with E-state index in [1.165, 1.54) is 0 Å². The number of fused-ring (bicyclic) bond motifs is 1. The lowest BCUT2D eigenvalue weighted by molar-refractivity contribution is 0.932. The van der Waals surface area contributed by atoms with E-state index in [0.717, 1.165) is 16.9 Å². The number of para-hydroxylation sites is 2. The molecule has 3 aromatic rings. The maximum atomic E-state index is 6.25. The number of hydrogen-bond acceptors (Lipinski definition) is 3. The summed E-state index contributed by atoms with van der Waals surface area (Å²) < 4.78 is 1.90. The first-order chi connectivity index (χ1) is 9.66. The molecule has 0 unspecified atom stereocenters. The van der Waals surface area contributed by atoms with Gasteiger partial charge in [-0.1, -0.05) is 36.0 Å². The van der Waals surface area contributed by atoms with Crippen LogP contribution in [0.15, 0.2) is 42.6 Å². The minimum Gasteiger partial charge on any atom is -0.393 e. The number of halogens is 1. The van der Waals surface area contributed by atoms with E-state index in [-0.39, 0.29) is 0 Å². The fourth-order valence-electron chi connectivity index (χ4n) is 2.13. The summed E-state index contributed by atoms with van der Waals surface area (Å²) in [4.78, 5) is 9.30. The van der Waals surface area contributed by atoms with Crippen molar-refractivity contribution in [3.05, 3.63) is 53.4 Å². The molecule has 4 nitrogen and oxygen atoms in total. The Morgan fingerprint density at radius 2 is 2.05 bits per heavy atom. The number of hydrogen-bond donors (Lipinski definition) is 1. The average Bonchev–Trinajstić information content (AvgIpc) is 2.76. The monoisotopic (exact) mass is 302 g/mol. The van der Waals surface area contributed by atoms with Gasteiger partial charge in [0.2, 0.25) is 0 Å². The SMILES string of the molecule is NC(=S)Cc1nc2ccccc2n1-c1ncccc1Cl. The molecule has 100 valence electrons. The van der Waals surface area contributed by atoms with E-state index in [0.29, 0.717) is 22.2 Å². The van der Waals surface area contributed by atoms with Crippen molar-refractivity contribution in [3.8, 4) is 5.82 Å². The molecule has 3 rings (SSSR count). The normalized spacial score (nSPS) is 10.8. The topological polar surface area (TPSA) is 56.7 Å². The lowest BCUT2D eigenvalue weighted by atomic mass is 10.3. The second kappa shape index (κ2) is 5.19. The summed E-state index contributed by atoms with van der Waals surface area (Å²) in [6.45, 7) is 0. The van der Waals surface area contributed by atoms with Gasteiger partial charge in [-0.2, -0.15) is 0 Å². The summed E-state index contributed by atoms with van der Waals surface area (Å²) in [6, 6.07) is 11.4. The van der Waals surface area contributed by atoms with Crippen LogP contribution in [0.2, 0.25) is 5.02 Å². The molecule has 2 N–H and O–H groups in total. The molecule has 0 atom stereocenters. The van der Waals surface area contributed by atoms with E-state index in [2.05, 4.69) is 9.97 Å². The Morgan fingerprint density at radius 3 is 2.80 bits per heavy atom. The summed E-state index contributed by atoms with van der Waals surface area (Å²) in [6.07, 6.45) is 2.09. The zero-order valence-corrected chi connectivity index (χ0v) is 12.0. The predicted octanol–water partition coefficient (Wildman–Crippen LogP) is 2.90. The second-order valence-electron chi connectivity index (χ2n) is 4.30. The summed E-state index contributed by atoms with van der Waals surface area (Å²) in [7, 11) is 0. The van der Waals surface area contributed by atoms with E-state index in [4.69, 9.17) is 29.6 Å². The molecule has 2 aromatic heterocycles. The lowest BCUT2D eigenvalue weighted by Crippen LogP contribution is -2.15. The molecule has 20 heavy (non-hydrogen) atoms. The van der Waals surface area contributed by atoms with Crippen molar-refractivity contribution in [2.45, 2.75) is 6.42 Å². The molecule has 0 amide bonds. The van der Waals surface area contributed by atoms with Gasteiger partial charge in [-0.3, -0.25) is 4.57 Å². The Kier molecular flexibility index (Phi) is 3.38. The molecule has 0 spiro atoms. The third-order valence-corrected chi connectivity index (χ3v) is 3.35. The summed E-state index contributed by atoms with van der Waals surface area (Å²) in [5.74, 6) is 1.37. The van der Waals surface area contributed by atoms with E-state index in [1.807, 2.05) is 28.8 Å². The maximum Gasteiger partial charge on any atom is 0.157 e. The number of nitrogens with zero attached hydrogens (tertiary/aromatic N) is 3. The first-order valence-electron chi connectivity index (χ1n) is 6.02. The largest absolute Gasteiger partial charge is 0.393 e. The summed E-state index contributed by atoms with van der Waals surface area (Å²) >= 11 is 11.2. The number of benzene rings is 1. The van der Waals surface area contributed by atoms with Crippen molar-refractivity contribution in [1.82, 2.24) is 14.5 Å². The van der Waals surface area contributed by atoms with Crippen LogP contribution >= 0.6 is 23.8 Å². The van der Waals surface area contributed by atoms with Gasteiger partial charge in [-0.25, -0.2) is 9.97 Å². The molecule has 1 aromatic carbocycles. The Labute approximate surface area is 126 Å². The van der Waals surface area contributed by atoms with Crippen molar-refractivity contribution >= 4 is 39.8 Å². The predicted molar refractivity (Wildman–Crippen MR) is 84.4 cm³/mol. The van der Waals surface area contributed by atoms with Crippen LogP contribution in [0.4, 0.5) is 0 Å². The first-order valence-corrected chi connectivity index (χ1v) is 6.81. The van der Waals surface area contributed by atoms with Crippen LogP contribution in [0.25, 0.3) is 16.9 Å². The van der Waals surface area contributed by atoms with Crippen LogP contribution in [-0.2, 0) is 6.42 Å². The quantitative estimate of drug-likeness (QED) is 0.756. The van der Waals surface area contributed by atoms with Crippen molar-refractivity contribution in [1.29, 1.82) is 0 Å². The summed E-state index contributed by atoms with van der Waals surface area (Å²) in [5.41, 5.74) is 7.45. The Bertz CT molecular complexity index is 797. The van der Waals surface area contributed by atoms with Crippen LogP contribution in [-0.4, -0.2) is 19.5 Å². The Morgan fingerprint density at radius 1 is 1.25 bits per heavy atom. The highest BCUT2D eigenvalue weighted by molar-refractivity contribution is 7.80. The lowest BCUT2D eigenvalue weighted by Gasteiger charge is -2.09. The highest BCUT2D eigenvalue weighted by Crippen LogP contribution is 2.25. The molecule has 0 bridgehead atoms. The van der Waals surface area contributed by atoms with Crippen LogP contribution < -0.4 is 5.73 Å². The third-order valence-electron chi connectivity index (χ3n) is 2.91. The maximum absolute atomic E-state index is 6.25. The van der Waals surface area contributed by atoms with Gasteiger partial charge >= 0.3 is 0 Å². The molecule has 0 fully saturated rings. The number of thiocarbonyl (C=S) groups is 1. The van der Waals surface area contributed by atoms with Gasteiger partial charge in [-0.05, 0) is 24.3 Å². The molecule has 0 aliphatic carbocycles. The zero-order valence-electron chi connectivity index (χ0n) is 10.5. The van der Waals surface area contributed by atoms with Crippen LogP contribution in [0.1, 0.15) is 5.82 Å². The van der Waals surface area contributed by atoms with Crippen LogP contribution in [0.3, 0.4) is 0 Å². The van der Waals surface area contributed by atoms with Gasteiger partial charge in [0.15, 0.2) is 5.82 Å². The molecular weight excluding hydrogens is 292 g/mol. The van der Waals surface area contributed by atoms with E-state index in [1.54, 1.807) is 18.3 Å².